The van der Waals surface area contributed by atoms with Crippen molar-refractivity contribution in [3.05, 3.63) is 0 Å². The summed E-state index contributed by atoms with van der Waals surface area (Å²) in [6.07, 6.45) is 7.51. The minimum absolute atomic E-state index is 0.313. The average molecular weight is 378 g/mol. The standard InChI is InChI=1S/C23H43N3O/c1-18(2)21-7-11-24(12-8-21)17-20-5-13-25(14-6-20)23(27)26-15-9-22(10-16-26)19(3)4/h18-22H,5-17H2,1-4H3. The summed E-state index contributed by atoms with van der Waals surface area (Å²) in [5.41, 5.74) is 0. The number of amides is 2. The summed E-state index contributed by atoms with van der Waals surface area (Å²) in [5.74, 6) is 4.12. The van der Waals surface area contributed by atoms with Crippen LogP contribution < -0.4 is 0 Å². The van der Waals surface area contributed by atoms with Crippen molar-refractivity contribution in [2.75, 3.05) is 45.8 Å². The molecule has 4 nitrogen and oxygen atoms in total. The van der Waals surface area contributed by atoms with Gasteiger partial charge in [0.05, 0.1) is 0 Å². The molecule has 0 spiro atoms. The molecule has 0 aliphatic carbocycles. The lowest BCUT2D eigenvalue weighted by atomic mass is 9.86. The van der Waals surface area contributed by atoms with Crippen molar-refractivity contribution >= 4 is 6.03 Å². The summed E-state index contributed by atoms with van der Waals surface area (Å²) in [7, 11) is 0. The highest BCUT2D eigenvalue weighted by molar-refractivity contribution is 5.74. The van der Waals surface area contributed by atoms with Crippen LogP contribution in [0, 0.1) is 29.6 Å². The normalized spacial score (nSPS) is 25.0. The first-order valence-corrected chi connectivity index (χ1v) is 11.7. The smallest absolute Gasteiger partial charge is 0.319 e. The average Bonchev–Trinajstić information content (AvgIpc) is 2.68. The summed E-state index contributed by atoms with van der Waals surface area (Å²) >= 11 is 0. The maximum atomic E-state index is 12.9. The van der Waals surface area contributed by atoms with Gasteiger partial charge in [0.15, 0.2) is 0 Å². The summed E-state index contributed by atoms with van der Waals surface area (Å²) in [6.45, 7) is 17.1. The van der Waals surface area contributed by atoms with Crippen LogP contribution in [0.3, 0.4) is 0 Å². The molecule has 0 aromatic heterocycles. The Hall–Kier alpha value is -0.770. The molecule has 2 amide bonds. The predicted octanol–water partition coefficient (Wildman–Crippen LogP) is 4.55. The van der Waals surface area contributed by atoms with Gasteiger partial charge in [-0.15, -0.1) is 0 Å². The van der Waals surface area contributed by atoms with Crippen LogP contribution in [-0.2, 0) is 0 Å². The van der Waals surface area contributed by atoms with E-state index in [2.05, 4.69) is 42.4 Å². The molecule has 0 saturated carbocycles. The highest BCUT2D eigenvalue weighted by Crippen LogP contribution is 2.28. The lowest BCUT2D eigenvalue weighted by Gasteiger charge is -2.41. The largest absolute Gasteiger partial charge is 0.325 e. The molecule has 156 valence electrons. The number of hydrogen-bond acceptors (Lipinski definition) is 2. The Morgan fingerprint density at radius 1 is 0.704 bits per heavy atom. The third-order valence-electron chi connectivity index (χ3n) is 7.73. The molecule has 0 radical (unpaired) electrons. The Morgan fingerprint density at radius 2 is 1.11 bits per heavy atom. The van der Waals surface area contributed by atoms with Crippen molar-refractivity contribution in [1.82, 2.24) is 14.7 Å². The highest BCUT2D eigenvalue weighted by atomic mass is 16.2. The van der Waals surface area contributed by atoms with E-state index >= 15 is 0 Å². The number of carbonyl (C=O) groups is 1. The first-order valence-electron chi connectivity index (χ1n) is 11.7. The molecule has 3 rings (SSSR count). The molecule has 0 unspecified atom stereocenters. The number of likely N-dealkylation sites (tertiary alicyclic amines) is 3. The van der Waals surface area contributed by atoms with Crippen molar-refractivity contribution in [2.24, 2.45) is 29.6 Å². The van der Waals surface area contributed by atoms with Gasteiger partial charge in [-0.3, -0.25) is 0 Å². The number of carbonyl (C=O) groups excluding carboxylic acids is 1. The second-order valence-electron chi connectivity index (χ2n) is 10.2. The molecular formula is C23H43N3O. The molecule has 0 atom stereocenters. The van der Waals surface area contributed by atoms with Gasteiger partial charge in [0.2, 0.25) is 0 Å². The summed E-state index contributed by atoms with van der Waals surface area (Å²) < 4.78 is 0. The quantitative estimate of drug-likeness (QED) is 0.718. The Kier molecular flexibility index (Phi) is 7.47. The molecular weight excluding hydrogens is 334 g/mol. The maximum Gasteiger partial charge on any atom is 0.319 e. The van der Waals surface area contributed by atoms with Crippen LogP contribution in [0.5, 0.6) is 0 Å². The lowest BCUT2D eigenvalue weighted by Crippen LogP contribution is -2.50. The Morgan fingerprint density at radius 3 is 1.56 bits per heavy atom. The van der Waals surface area contributed by atoms with Crippen molar-refractivity contribution in [2.45, 2.75) is 66.2 Å². The Bertz CT molecular complexity index is 454. The van der Waals surface area contributed by atoms with Crippen LogP contribution in [0.25, 0.3) is 0 Å². The van der Waals surface area contributed by atoms with Crippen LogP contribution in [0.2, 0.25) is 0 Å². The number of piperidine rings is 3. The topological polar surface area (TPSA) is 26.8 Å². The SMILES string of the molecule is CC(C)C1CCN(CC2CCN(C(=O)N3CCC(C(C)C)CC3)CC2)CC1. The van der Waals surface area contributed by atoms with E-state index < -0.39 is 0 Å². The Balaban J connectivity index is 1.36. The van der Waals surface area contributed by atoms with E-state index in [1.165, 1.54) is 58.2 Å². The van der Waals surface area contributed by atoms with Gasteiger partial charge in [-0.2, -0.15) is 0 Å². The van der Waals surface area contributed by atoms with Gasteiger partial charge in [-0.1, -0.05) is 27.7 Å². The van der Waals surface area contributed by atoms with Gasteiger partial charge >= 0.3 is 6.03 Å². The number of urea groups is 1. The number of nitrogens with zero attached hydrogens (tertiary/aromatic N) is 3. The zero-order valence-electron chi connectivity index (χ0n) is 18.3. The van der Waals surface area contributed by atoms with Crippen molar-refractivity contribution < 1.29 is 4.79 Å². The van der Waals surface area contributed by atoms with Gasteiger partial charge in [-0.05, 0) is 81.2 Å². The summed E-state index contributed by atoms with van der Waals surface area (Å²) in [6, 6.07) is 0.313. The minimum Gasteiger partial charge on any atom is -0.325 e. The zero-order valence-corrected chi connectivity index (χ0v) is 18.3. The van der Waals surface area contributed by atoms with Crippen molar-refractivity contribution in [1.29, 1.82) is 0 Å². The van der Waals surface area contributed by atoms with Gasteiger partial charge in [0.1, 0.15) is 0 Å². The summed E-state index contributed by atoms with van der Waals surface area (Å²) in [5, 5.41) is 0. The first-order chi connectivity index (χ1) is 12.9. The van der Waals surface area contributed by atoms with E-state index in [0.717, 1.165) is 55.8 Å². The van der Waals surface area contributed by atoms with Crippen LogP contribution in [0.15, 0.2) is 0 Å². The third-order valence-corrected chi connectivity index (χ3v) is 7.73. The number of hydrogen-bond donors (Lipinski definition) is 0. The molecule has 3 heterocycles. The van der Waals surface area contributed by atoms with E-state index in [0.29, 0.717) is 6.03 Å². The molecule has 3 fully saturated rings. The molecule has 0 bridgehead atoms. The lowest BCUT2D eigenvalue weighted by molar-refractivity contribution is 0.0927. The van der Waals surface area contributed by atoms with E-state index in [4.69, 9.17) is 0 Å². The van der Waals surface area contributed by atoms with Gasteiger partial charge < -0.3 is 14.7 Å². The molecule has 3 aliphatic rings. The van der Waals surface area contributed by atoms with E-state index in [1.54, 1.807) is 0 Å². The monoisotopic (exact) mass is 377 g/mol. The van der Waals surface area contributed by atoms with Gasteiger partial charge in [-0.25, -0.2) is 4.79 Å². The van der Waals surface area contributed by atoms with E-state index in [1.807, 2.05) is 0 Å². The van der Waals surface area contributed by atoms with Crippen molar-refractivity contribution in [3.63, 3.8) is 0 Å². The summed E-state index contributed by atoms with van der Waals surface area (Å²) in [4.78, 5) is 19.8. The van der Waals surface area contributed by atoms with Crippen LogP contribution in [0.4, 0.5) is 4.79 Å². The van der Waals surface area contributed by atoms with Crippen LogP contribution >= 0.6 is 0 Å². The maximum absolute atomic E-state index is 12.9. The third kappa shape index (κ3) is 5.62. The molecule has 0 aromatic rings. The van der Waals surface area contributed by atoms with E-state index in [-0.39, 0.29) is 0 Å². The molecule has 4 heteroatoms. The van der Waals surface area contributed by atoms with Crippen molar-refractivity contribution in [3.8, 4) is 0 Å². The molecule has 3 saturated heterocycles. The predicted molar refractivity (Wildman–Crippen MR) is 113 cm³/mol. The fourth-order valence-electron chi connectivity index (χ4n) is 5.43. The second kappa shape index (κ2) is 9.62. The molecule has 3 aliphatic heterocycles. The number of rotatable bonds is 4. The Labute approximate surface area is 167 Å². The molecule has 0 aromatic carbocycles. The first kappa shape index (κ1) is 21.0. The molecule has 0 N–H and O–H groups in total. The van der Waals surface area contributed by atoms with Crippen LogP contribution in [0.1, 0.15) is 66.2 Å². The van der Waals surface area contributed by atoms with Gasteiger partial charge in [0.25, 0.3) is 0 Å². The molecule has 27 heavy (non-hydrogen) atoms. The minimum atomic E-state index is 0.313. The van der Waals surface area contributed by atoms with Crippen LogP contribution in [-0.4, -0.2) is 66.5 Å². The van der Waals surface area contributed by atoms with Gasteiger partial charge in [0, 0.05) is 32.7 Å². The van der Waals surface area contributed by atoms with E-state index in [9.17, 15) is 4.79 Å². The zero-order chi connectivity index (χ0) is 19.4. The highest BCUT2D eigenvalue weighted by Gasteiger charge is 2.31. The fraction of sp³-hybridized carbons (Fsp3) is 0.957. The fourth-order valence-corrected chi connectivity index (χ4v) is 5.43. The second-order valence-corrected chi connectivity index (χ2v) is 10.2.